The van der Waals surface area contributed by atoms with Crippen LogP contribution in [0.2, 0.25) is 0 Å². The number of benzene rings is 3. The molecule has 4 aromatic rings. The van der Waals surface area contributed by atoms with E-state index < -0.39 is 5.91 Å². The first-order chi connectivity index (χ1) is 16.8. The Kier molecular flexibility index (Phi) is 6.88. The van der Waals surface area contributed by atoms with Gasteiger partial charge in [-0.1, -0.05) is 12.1 Å². The molecule has 1 aromatic heterocycles. The molecule has 0 fully saturated rings. The lowest BCUT2D eigenvalue weighted by atomic mass is 10.1. The summed E-state index contributed by atoms with van der Waals surface area (Å²) in [4.78, 5) is 17.4. The Morgan fingerprint density at radius 3 is 2.31 bits per heavy atom. The van der Waals surface area contributed by atoms with Gasteiger partial charge in [-0.25, -0.2) is 4.98 Å². The van der Waals surface area contributed by atoms with Crippen LogP contribution < -0.4 is 24.8 Å². The number of hydrogen-bond acceptors (Lipinski definition) is 7. The molecule has 0 aliphatic rings. The van der Waals surface area contributed by atoms with Crippen molar-refractivity contribution in [3.63, 3.8) is 0 Å². The van der Waals surface area contributed by atoms with Crippen molar-refractivity contribution < 1.29 is 23.4 Å². The number of ether oxygens (including phenoxy) is 3. The number of carbonyl (C=O) groups excluding carboxylic acids is 1. The molecular weight excluding hydrogens is 466 g/mol. The number of amides is 1. The van der Waals surface area contributed by atoms with Crippen molar-refractivity contribution in [2.24, 2.45) is 0 Å². The molecule has 3 aromatic carbocycles. The molecule has 0 unspecified atom stereocenters. The van der Waals surface area contributed by atoms with Crippen molar-refractivity contribution in [2.75, 3.05) is 26.6 Å². The summed E-state index contributed by atoms with van der Waals surface area (Å²) in [6.45, 7) is 3.94. The lowest BCUT2D eigenvalue weighted by molar-refractivity contribution is 0.0977. The van der Waals surface area contributed by atoms with Crippen LogP contribution in [0.1, 0.15) is 21.5 Å². The largest absolute Gasteiger partial charge is 0.493 e. The lowest BCUT2D eigenvalue weighted by Gasteiger charge is -2.15. The van der Waals surface area contributed by atoms with E-state index in [2.05, 4.69) is 15.6 Å². The molecule has 0 aliphatic heterocycles. The van der Waals surface area contributed by atoms with Crippen molar-refractivity contribution >= 4 is 40.0 Å². The summed E-state index contributed by atoms with van der Waals surface area (Å²) in [5.74, 6) is 1.21. The molecule has 8 nitrogen and oxygen atoms in total. The molecule has 1 heterocycles. The van der Waals surface area contributed by atoms with E-state index in [9.17, 15) is 4.79 Å². The fourth-order valence-corrected chi connectivity index (χ4v) is 3.79. The van der Waals surface area contributed by atoms with Gasteiger partial charge in [-0.15, -0.1) is 0 Å². The average molecular weight is 492 g/mol. The van der Waals surface area contributed by atoms with Crippen molar-refractivity contribution in [3.8, 4) is 28.7 Å². The van der Waals surface area contributed by atoms with Gasteiger partial charge in [0.25, 0.3) is 5.91 Å². The van der Waals surface area contributed by atoms with E-state index in [1.165, 1.54) is 21.3 Å². The number of carbonyl (C=O) groups is 1. The third-order valence-corrected chi connectivity index (χ3v) is 5.63. The van der Waals surface area contributed by atoms with Crippen molar-refractivity contribution in [1.29, 1.82) is 0 Å². The molecule has 180 valence electrons. The summed E-state index contributed by atoms with van der Waals surface area (Å²) in [6, 6.07) is 14.7. The molecule has 0 spiro atoms. The maximum Gasteiger partial charge on any atom is 0.257 e. The fraction of sp³-hybridized carbons (Fsp3) is 0.192. The van der Waals surface area contributed by atoms with Crippen LogP contribution in [-0.4, -0.2) is 37.3 Å². The highest BCUT2D eigenvalue weighted by Gasteiger charge is 2.18. The number of methoxy groups -OCH3 is 3. The predicted octanol–water partition coefficient (Wildman–Crippen LogP) is 5.26. The van der Waals surface area contributed by atoms with Crippen LogP contribution in [-0.2, 0) is 0 Å². The Hall–Kier alpha value is -4.11. The summed E-state index contributed by atoms with van der Waals surface area (Å²) in [5.41, 5.74) is 5.35. The van der Waals surface area contributed by atoms with E-state index in [0.29, 0.717) is 28.7 Å². The van der Waals surface area contributed by atoms with Gasteiger partial charge in [0.1, 0.15) is 5.52 Å². The minimum atomic E-state index is -0.426. The molecular formula is C26H25N3O5S. The molecule has 1 amide bonds. The smallest absolute Gasteiger partial charge is 0.257 e. The minimum absolute atomic E-state index is 0.136. The second kappa shape index (κ2) is 10.0. The zero-order valence-electron chi connectivity index (χ0n) is 20.0. The number of anilines is 1. The number of thiocarbonyl (C=S) groups is 1. The predicted molar refractivity (Wildman–Crippen MR) is 139 cm³/mol. The molecule has 9 heteroatoms. The Labute approximate surface area is 208 Å². The van der Waals surface area contributed by atoms with Gasteiger partial charge in [0, 0.05) is 16.8 Å². The summed E-state index contributed by atoms with van der Waals surface area (Å²) in [6.07, 6.45) is 0. The molecule has 0 aliphatic carbocycles. The molecule has 2 N–H and O–H groups in total. The van der Waals surface area contributed by atoms with Crippen molar-refractivity contribution in [1.82, 2.24) is 10.3 Å². The summed E-state index contributed by atoms with van der Waals surface area (Å²) >= 11 is 5.40. The van der Waals surface area contributed by atoms with E-state index in [4.69, 9.17) is 30.8 Å². The number of rotatable bonds is 6. The summed E-state index contributed by atoms with van der Waals surface area (Å²) < 4.78 is 21.9. The van der Waals surface area contributed by atoms with E-state index in [-0.39, 0.29) is 5.11 Å². The number of oxazole rings is 1. The highest BCUT2D eigenvalue weighted by molar-refractivity contribution is 7.80. The standard InChI is InChI=1S/C26H25N3O5S/c1-14-6-9-18-20(10-14)34-25(27-18)16-8-7-15(2)19(11-16)28-26(35)29-24(30)17-12-21(31-3)23(33-5)22(13-17)32-4/h6-13H,1-5H3,(H2,28,29,30,35). The molecule has 0 saturated carbocycles. The van der Waals surface area contributed by atoms with Gasteiger partial charge in [0.15, 0.2) is 22.2 Å². The number of hydrogen-bond donors (Lipinski definition) is 2. The number of aromatic nitrogens is 1. The van der Waals surface area contributed by atoms with Crippen LogP contribution in [0, 0.1) is 13.8 Å². The van der Waals surface area contributed by atoms with Crippen LogP contribution in [0.25, 0.3) is 22.6 Å². The normalized spacial score (nSPS) is 10.7. The molecule has 0 saturated heterocycles. The second-order valence-electron chi connectivity index (χ2n) is 7.84. The Bertz CT molecular complexity index is 1410. The first kappa shape index (κ1) is 24.0. The molecule has 35 heavy (non-hydrogen) atoms. The van der Waals surface area contributed by atoms with Crippen LogP contribution in [0.5, 0.6) is 17.2 Å². The summed E-state index contributed by atoms with van der Waals surface area (Å²) in [5, 5.41) is 5.91. The van der Waals surface area contributed by atoms with Crippen molar-refractivity contribution in [3.05, 3.63) is 65.2 Å². The van der Waals surface area contributed by atoms with Crippen molar-refractivity contribution in [2.45, 2.75) is 13.8 Å². The van der Waals surface area contributed by atoms with Crippen LogP contribution in [0.15, 0.2) is 52.9 Å². The average Bonchev–Trinajstić information content (AvgIpc) is 3.27. The third kappa shape index (κ3) is 5.04. The van der Waals surface area contributed by atoms with Gasteiger partial charge >= 0.3 is 0 Å². The van der Waals surface area contributed by atoms with Gasteiger partial charge in [-0.2, -0.15) is 0 Å². The highest BCUT2D eigenvalue weighted by Crippen LogP contribution is 2.38. The molecule has 0 radical (unpaired) electrons. The Morgan fingerprint density at radius 1 is 0.943 bits per heavy atom. The van der Waals surface area contributed by atoms with Crippen LogP contribution >= 0.6 is 12.2 Å². The van der Waals surface area contributed by atoms with E-state index >= 15 is 0 Å². The molecule has 4 rings (SSSR count). The lowest BCUT2D eigenvalue weighted by Crippen LogP contribution is -2.34. The number of fused-ring (bicyclic) bond motifs is 1. The van der Waals surface area contributed by atoms with Gasteiger partial charge in [0.05, 0.1) is 21.3 Å². The Balaban J connectivity index is 1.53. The summed E-state index contributed by atoms with van der Waals surface area (Å²) in [7, 11) is 4.47. The first-order valence-electron chi connectivity index (χ1n) is 10.7. The van der Waals surface area contributed by atoms with Gasteiger partial charge in [-0.3, -0.25) is 10.1 Å². The van der Waals surface area contributed by atoms with Crippen LogP contribution in [0.3, 0.4) is 0 Å². The Morgan fingerprint density at radius 2 is 1.66 bits per heavy atom. The fourth-order valence-electron chi connectivity index (χ4n) is 3.59. The van der Waals surface area contributed by atoms with Gasteiger partial charge in [0.2, 0.25) is 11.6 Å². The van der Waals surface area contributed by atoms with E-state index in [1.807, 2.05) is 50.2 Å². The maximum atomic E-state index is 12.9. The zero-order valence-corrected chi connectivity index (χ0v) is 20.8. The quantitative estimate of drug-likeness (QED) is 0.353. The number of aryl methyl sites for hydroxylation is 2. The topological polar surface area (TPSA) is 94.9 Å². The third-order valence-electron chi connectivity index (χ3n) is 5.43. The van der Waals surface area contributed by atoms with Gasteiger partial charge < -0.3 is 23.9 Å². The monoisotopic (exact) mass is 491 g/mol. The van der Waals surface area contributed by atoms with E-state index in [1.54, 1.807) is 12.1 Å². The maximum absolute atomic E-state index is 12.9. The number of nitrogens with one attached hydrogen (secondary N) is 2. The zero-order chi connectivity index (χ0) is 25.1. The molecule has 0 bridgehead atoms. The minimum Gasteiger partial charge on any atom is -0.493 e. The van der Waals surface area contributed by atoms with Crippen LogP contribution in [0.4, 0.5) is 5.69 Å². The van der Waals surface area contributed by atoms with Gasteiger partial charge in [-0.05, 0) is 73.6 Å². The SMILES string of the molecule is COc1cc(C(=O)NC(=S)Nc2cc(-c3nc4ccc(C)cc4o3)ccc2C)cc(OC)c1OC. The highest BCUT2D eigenvalue weighted by atomic mass is 32.1. The first-order valence-corrected chi connectivity index (χ1v) is 11.1. The molecule has 0 atom stereocenters. The second-order valence-corrected chi connectivity index (χ2v) is 8.25. The number of nitrogens with zero attached hydrogens (tertiary/aromatic N) is 1. The van der Waals surface area contributed by atoms with E-state index in [0.717, 1.165) is 33.5 Å².